The number of hydrogen-bond donors (Lipinski definition) is 1. The summed E-state index contributed by atoms with van der Waals surface area (Å²) in [5.74, 6) is 0.0572. The van der Waals surface area contributed by atoms with Gasteiger partial charge >= 0.3 is 0 Å². The van der Waals surface area contributed by atoms with Crippen molar-refractivity contribution in [2.45, 2.75) is 50.2 Å². The molecule has 2 heterocycles. The van der Waals surface area contributed by atoms with Crippen molar-refractivity contribution in [2.24, 2.45) is 0 Å². The van der Waals surface area contributed by atoms with E-state index in [0.29, 0.717) is 12.1 Å². The van der Waals surface area contributed by atoms with Gasteiger partial charge in [-0.15, -0.1) is 0 Å². The maximum atomic E-state index is 12.9. The number of nitrogens with one attached hydrogen (secondary N) is 1. The topological polar surface area (TPSA) is 32.3 Å². The predicted molar refractivity (Wildman–Crippen MR) is 126 cm³/mol. The number of carbonyl (C=O) groups excluding carboxylic acids is 1. The number of piperidine rings is 1. The smallest absolute Gasteiger partial charge is 0.251 e. The highest BCUT2D eigenvalue weighted by Crippen LogP contribution is 2.36. The molecule has 3 nitrogen and oxygen atoms in total. The van der Waals surface area contributed by atoms with Crippen LogP contribution >= 0.6 is 0 Å². The summed E-state index contributed by atoms with van der Waals surface area (Å²) in [7, 11) is 0. The molecule has 31 heavy (non-hydrogen) atoms. The standard InChI is InChI=1S/C28H30N2O/c31-28(24-13-11-23(12-14-24)22-9-5-2-6-10-22)29-25-19-26-15-16-27(20-25)30(26)18-17-21-7-3-1-4-8-21/h1-14,25-27H,15-20H2,(H,29,31). The number of rotatable bonds is 6. The first-order valence-corrected chi connectivity index (χ1v) is 11.5. The fourth-order valence-corrected chi connectivity index (χ4v) is 5.37. The van der Waals surface area contributed by atoms with Crippen molar-refractivity contribution >= 4 is 5.91 Å². The number of hydrogen-bond acceptors (Lipinski definition) is 2. The summed E-state index contributed by atoms with van der Waals surface area (Å²) >= 11 is 0. The van der Waals surface area contributed by atoms with Gasteiger partial charge in [-0.1, -0.05) is 72.8 Å². The van der Waals surface area contributed by atoms with Crippen molar-refractivity contribution < 1.29 is 4.79 Å². The molecule has 158 valence electrons. The van der Waals surface area contributed by atoms with E-state index in [1.54, 1.807) is 0 Å². The highest BCUT2D eigenvalue weighted by atomic mass is 16.1. The molecule has 2 aliphatic rings. The van der Waals surface area contributed by atoms with E-state index < -0.39 is 0 Å². The second kappa shape index (κ2) is 9.07. The predicted octanol–water partition coefficient (Wildman–Crippen LogP) is 5.32. The van der Waals surface area contributed by atoms with Gasteiger partial charge in [0.1, 0.15) is 0 Å². The zero-order valence-corrected chi connectivity index (χ0v) is 17.9. The van der Waals surface area contributed by atoms with Gasteiger partial charge in [-0.05, 0) is 60.9 Å². The van der Waals surface area contributed by atoms with E-state index >= 15 is 0 Å². The van der Waals surface area contributed by atoms with Crippen molar-refractivity contribution in [3.8, 4) is 11.1 Å². The first kappa shape index (κ1) is 20.0. The van der Waals surface area contributed by atoms with Gasteiger partial charge in [-0.25, -0.2) is 0 Å². The minimum absolute atomic E-state index is 0.0572. The molecule has 2 bridgehead atoms. The van der Waals surface area contributed by atoms with Gasteiger partial charge in [0.2, 0.25) is 0 Å². The monoisotopic (exact) mass is 410 g/mol. The summed E-state index contributed by atoms with van der Waals surface area (Å²) in [6.45, 7) is 1.13. The van der Waals surface area contributed by atoms with E-state index in [2.05, 4.69) is 52.7 Å². The molecule has 0 aliphatic carbocycles. The molecular weight excluding hydrogens is 380 g/mol. The summed E-state index contributed by atoms with van der Waals surface area (Å²) < 4.78 is 0. The van der Waals surface area contributed by atoms with Gasteiger partial charge in [-0.3, -0.25) is 9.69 Å². The molecule has 3 aromatic rings. The molecule has 3 aromatic carbocycles. The van der Waals surface area contributed by atoms with Crippen LogP contribution in [0.15, 0.2) is 84.9 Å². The normalized spacial score (nSPS) is 22.9. The van der Waals surface area contributed by atoms with E-state index in [-0.39, 0.29) is 11.9 Å². The summed E-state index contributed by atoms with van der Waals surface area (Å²) in [6.07, 6.45) is 5.77. The molecule has 1 N–H and O–H groups in total. The Morgan fingerprint density at radius 3 is 2.00 bits per heavy atom. The maximum Gasteiger partial charge on any atom is 0.251 e. The molecule has 2 atom stereocenters. The minimum Gasteiger partial charge on any atom is -0.349 e. The van der Waals surface area contributed by atoms with Gasteiger partial charge in [0, 0.05) is 30.2 Å². The average molecular weight is 411 g/mol. The van der Waals surface area contributed by atoms with Crippen LogP contribution in [0.1, 0.15) is 41.6 Å². The van der Waals surface area contributed by atoms with Crippen LogP contribution < -0.4 is 5.32 Å². The maximum absolute atomic E-state index is 12.9. The first-order chi connectivity index (χ1) is 15.3. The van der Waals surface area contributed by atoms with Gasteiger partial charge in [0.25, 0.3) is 5.91 Å². The van der Waals surface area contributed by atoms with Crippen molar-refractivity contribution in [1.82, 2.24) is 10.2 Å². The Kier molecular flexibility index (Phi) is 5.86. The van der Waals surface area contributed by atoms with Crippen molar-refractivity contribution in [3.05, 3.63) is 96.1 Å². The molecule has 0 radical (unpaired) electrons. The Labute approximate surface area is 185 Å². The molecule has 2 aliphatic heterocycles. The van der Waals surface area contributed by atoms with E-state index in [9.17, 15) is 4.79 Å². The zero-order valence-electron chi connectivity index (χ0n) is 17.9. The zero-order chi connectivity index (χ0) is 21.0. The second-order valence-corrected chi connectivity index (χ2v) is 8.94. The summed E-state index contributed by atoms with van der Waals surface area (Å²) in [4.78, 5) is 15.6. The molecule has 0 aromatic heterocycles. The summed E-state index contributed by atoms with van der Waals surface area (Å²) in [6, 6.07) is 30.5. The van der Waals surface area contributed by atoms with E-state index in [4.69, 9.17) is 0 Å². The van der Waals surface area contributed by atoms with Gasteiger partial charge in [0.05, 0.1) is 0 Å². The Hall–Kier alpha value is -2.91. The lowest BCUT2D eigenvalue weighted by molar-refractivity contribution is 0.0848. The summed E-state index contributed by atoms with van der Waals surface area (Å²) in [5.41, 5.74) is 4.48. The third-order valence-corrected chi connectivity index (χ3v) is 6.98. The van der Waals surface area contributed by atoms with E-state index in [1.807, 2.05) is 42.5 Å². The first-order valence-electron chi connectivity index (χ1n) is 11.5. The van der Waals surface area contributed by atoms with Crippen LogP contribution in [0.5, 0.6) is 0 Å². The van der Waals surface area contributed by atoms with E-state index in [0.717, 1.165) is 36.9 Å². The molecule has 5 rings (SSSR count). The molecule has 0 saturated carbocycles. The number of fused-ring (bicyclic) bond motifs is 2. The Morgan fingerprint density at radius 2 is 1.35 bits per heavy atom. The number of nitrogens with zero attached hydrogens (tertiary/aromatic N) is 1. The van der Waals surface area contributed by atoms with Crippen LogP contribution in [-0.2, 0) is 6.42 Å². The van der Waals surface area contributed by atoms with Crippen LogP contribution in [0.2, 0.25) is 0 Å². The molecular formula is C28H30N2O. The van der Waals surface area contributed by atoms with Crippen LogP contribution in [0, 0.1) is 0 Å². The van der Waals surface area contributed by atoms with Gasteiger partial charge in [-0.2, -0.15) is 0 Å². The van der Waals surface area contributed by atoms with Crippen LogP contribution in [0.4, 0.5) is 0 Å². The van der Waals surface area contributed by atoms with Crippen molar-refractivity contribution in [3.63, 3.8) is 0 Å². The molecule has 3 heteroatoms. The Morgan fingerprint density at radius 1 is 0.774 bits per heavy atom. The lowest BCUT2D eigenvalue weighted by Gasteiger charge is -2.39. The molecule has 2 fully saturated rings. The molecule has 2 saturated heterocycles. The van der Waals surface area contributed by atoms with Crippen molar-refractivity contribution in [2.75, 3.05) is 6.54 Å². The summed E-state index contributed by atoms with van der Waals surface area (Å²) in [5, 5.41) is 3.32. The fourth-order valence-electron chi connectivity index (χ4n) is 5.37. The van der Waals surface area contributed by atoms with Crippen LogP contribution in [-0.4, -0.2) is 35.5 Å². The van der Waals surface area contributed by atoms with Gasteiger partial charge < -0.3 is 5.32 Å². The average Bonchev–Trinajstić information content (AvgIpc) is 3.07. The fraction of sp³-hybridized carbons (Fsp3) is 0.321. The molecule has 0 spiro atoms. The van der Waals surface area contributed by atoms with Crippen LogP contribution in [0.25, 0.3) is 11.1 Å². The molecule has 2 unspecified atom stereocenters. The Balaban J connectivity index is 1.17. The minimum atomic E-state index is 0.0572. The quantitative estimate of drug-likeness (QED) is 0.596. The number of amides is 1. The highest BCUT2D eigenvalue weighted by Gasteiger charge is 2.40. The molecule has 1 amide bonds. The van der Waals surface area contributed by atoms with Crippen molar-refractivity contribution in [1.29, 1.82) is 0 Å². The third kappa shape index (κ3) is 4.57. The van der Waals surface area contributed by atoms with E-state index in [1.165, 1.54) is 24.0 Å². The Bertz CT molecular complexity index is 986. The van der Waals surface area contributed by atoms with Crippen LogP contribution in [0.3, 0.4) is 0 Å². The highest BCUT2D eigenvalue weighted by molar-refractivity contribution is 5.94. The lowest BCUT2D eigenvalue weighted by Crippen LogP contribution is -2.50. The largest absolute Gasteiger partial charge is 0.349 e. The SMILES string of the molecule is O=C(NC1CC2CCC(C1)N2CCc1ccccc1)c1ccc(-c2ccccc2)cc1. The number of carbonyl (C=O) groups is 1. The number of benzene rings is 3. The lowest BCUT2D eigenvalue weighted by atomic mass is 9.96. The van der Waals surface area contributed by atoms with Gasteiger partial charge in [0.15, 0.2) is 0 Å². The second-order valence-electron chi connectivity index (χ2n) is 8.94. The third-order valence-electron chi connectivity index (χ3n) is 6.98.